The van der Waals surface area contributed by atoms with Gasteiger partial charge in [0, 0.05) is 24.6 Å². The van der Waals surface area contributed by atoms with Crippen LogP contribution in [0, 0.1) is 0 Å². The van der Waals surface area contributed by atoms with E-state index in [-0.39, 0.29) is 6.04 Å². The highest BCUT2D eigenvalue weighted by Gasteiger charge is 2.15. The monoisotopic (exact) mass is 337 g/mol. The first kappa shape index (κ1) is 15.7. The highest BCUT2D eigenvalue weighted by molar-refractivity contribution is 5.51. The normalized spacial score (nSPS) is 13.8. The minimum atomic E-state index is 0.186. The molecule has 0 amide bonds. The molecule has 1 aliphatic heterocycles. The van der Waals surface area contributed by atoms with Gasteiger partial charge in [0.05, 0.1) is 0 Å². The molecule has 0 spiro atoms. The lowest BCUT2D eigenvalue weighted by atomic mass is 10.1. The molecule has 1 N–H and O–H groups in total. The van der Waals surface area contributed by atoms with E-state index in [2.05, 4.69) is 22.4 Å². The summed E-state index contributed by atoms with van der Waals surface area (Å²) in [7, 11) is 0. The van der Waals surface area contributed by atoms with Gasteiger partial charge >= 0.3 is 0 Å². The molecule has 2 aromatic carbocycles. The van der Waals surface area contributed by atoms with Gasteiger partial charge in [0.1, 0.15) is 0 Å². The van der Waals surface area contributed by atoms with Crippen LogP contribution in [0.4, 0.5) is 0 Å². The highest BCUT2D eigenvalue weighted by atomic mass is 16.7. The Bertz CT molecular complexity index is 848. The molecule has 2 heterocycles. The first-order valence-electron chi connectivity index (χ1n) is 8.30. The molecule has 4 rings (SSSR count). The minimum Gasteiger partial charge on any atom is -0.454 e. The van der Waals surface area contributed by atoms with Crippen molar-refractivity contribution < 1.29 is 13.9 Å². The van der Waals surface area contributed by atoms with Crippen molar-refractivity contribution in [3.8, 4) is 23.0 Å². The maximum Gasteiger partial charge on any atom is 0.247 e. The van der Waals surface area contributed by atoms with Crippen molar-refractivity contribution in [2.45, 2.75) is 19.4 Å². The van der Waals surface area contributed by atoms with Crippen LogP contribution in [0.5, 0.6) is 11.5 Å². The van der Waals surface area contributed by atoms with Crippen LogP contribution >= 0.6 is 0 Å². The number of hydrogen-bond donors (Lipinski definition) is 1. The number of ether oxygens (including phenoxy) is 2. The lowest BCUT2D eigenvalue weighted by molar-refractivity contribution is 0.174. The molecule has 3 aromatic rings. The van der Waals surface area contributed by atoms with E-state index in [1.165, 1.54) is 0 Å². The quantitative estimate of drug-likeness (QED) is 0.744. The van der Waals surface area contributed by atoms with E-state index in [4.69, 9.17) is 13.9 Å². The Morgan fingerprint density at radius 2 is 1.88 bits per heavy atom. The van der Waals surface area contributed by atoms with Crippen LogP contribution in [0.2, 0.25) is 0 Å². The Labute approximate surface area is 145 Å². The molecule has 25 heavy (non-hydrogen) atoms. The molecule has 1 unspecified atom stereocenters. The van der Waals surface area contributed by atoms with Crippen LogP contribution in [-0.2, 0) is 6.42 Å². The van der Waals surface area contributed by atoms with Gasteiger partial charge in [0.25, 0.3) is 0 Å². The number of aromatic nitrogens is 2. The predicted octanol–water partition coefficient (Wildman–Crippen LogP) is 3.36. The molecule has 128 valence electrons. The van der Waals surface area contributed by atoms with E-state index in [1.54, 1.807) is 0 Å². The van der Waals surface area contributed by atoms with Crippen LogP contribution in [0.15, 0.2) is 52.9 Å². The third-order valence-corrected chi connectivity index (χ3v) is 4.17. The van der Waals surface area contributed by atoms with Gasteiger partial charge in [-0.2, -0.15) is 0 Å². The summed E-state index contributed by atoms with van der Waals surface area (Å²) < 4.78 is 16.5. The maximum atomic E-state index is 5.72. The summed E-state index contributed by atoms with van der Waals surface area (Å²) in [6.45, 7) is 3.15. The van der Waals surface area contributed by atoms with E-state index in [0.29, 0.717) is 25.0 Å². The fraction of sp³-hybridized carbons (Fsp3) is 0.263. The molecular weight excluding hydrogens is 318 g/mol. The first-order valence-corrected chi connectivity index (χ1v) is 8.30. The third-order valence-electron chi connectivity index (χ3n) is 4.17. The Morgan fingerprint density at radius 3 is 2.76 bits per heavy atom. The van der Waals surface area contributed by atoms with Crippen molar-refractivity contribution >= 4 is 0 Å². The Hall–Kier alpha value is -2.86. The second-order valence-electron chi connectivity index (χ2n) is 5.91. The van der Waals surface area contributed by atoms with Gasteiger partial charge in [0.2, 0.25) is 18.6 Å². The molecule has 0 saturated heterocycles. The van der Waals surface area contributed by atoms with Crippen LogP contribution in [0.1, 0.15) is 24.4 Å². The zero-order valence-corrected chi connectivity index (χ0v) is 13.9. The summed E-state index contributed by atoms with van der Waals surface area (Å²) in [4.78, 5) is 0. The molecule has 0 aliphatic carbocycles. The zero-order chi connectivity index (χ0) is 17.1. The fourth-order valence-electron chi connectivity index (χ4n) is 2.75. The van der Waals surface area contributed by atoms with Crippen LogP contribution in [0.25, 0.3) is 11.5 Å². The fourth-order valence-corrected chi connectivity index (χ4v) is 2.75. The molecule has 0 radical (unpaired) electrons. The Balaban J connectivity index is 1.33. The number of fused-ring (bicyclic) bond motifs is 1. The topological polar surface area (TPSA) is 69.4 Å². The average molecular weight is 337 g/mol. The number of rotatable bonds is 6. The van der Waals surface area contributed by atoms with Gasteiger partial charge in [-0.1, -0.05) is 24.3 Å². The zero-order valence-electron chi connectivity index (χ0n) is 13.9. The van der Waals surface area contributed by atoms with Crippen molar-refractivity contribution in [3.05, 3.63) is 60.0 Å². The largest absolute Gasteiger partial charge is 0.454 e. The molecular formula is C19H19N3O3. The lowest BCUT2D eigenvalue weighted by Crippen LogP contribution is -2.21. The molecule has 1 atom stereocenters. The van der Waals surface area contributed by atoms with Crippen molar-refractivity contribution in [2.24, 2.45) is 0 Å². The Kier molecular flexibility index (Phi) is 4.35. The summed E-state index contributed by atoms with van der Waals surface area (Å²) in [6, 6.07) is 16.0. The average Bonchev–Trinajstić information content (AvgIpc) is 3.31. The van der Waals surface area contributed by atoms with E-state index < -0.39 is 0 Å². The summed E-state index contributed by atoms with van der Waals surface area (Å²) in [5.74, 6) is 2.79. The van der Waals surface area contributed by atoms with Gasteiger partial charge in [-0.05, 0) is 36.8 Å². The van der Waals surface area contributed by atoms with Crippen LogP contribution in [0.3, 0.4) is 0 Å². The van der Waals surface area contributed by atoms with Gasteiger partial charge in [-0.25, -0.2) is 0 Å². The predicted molar refractivity (Wildman–Crippen MR) is 92.4 cm³/mol. The molecule has 0 bridgehead atoms. The van der Waals surface area contributed by atoms with E-state index in [9.17, 15) is 0 Å². The maximum absolute atomic E-state index is 5.72. The van der Waals surface area contributed by atoms with Crippen molar-refractivity contribution in [3.63, 3.8) is 0 Å². The highest BCUT2D eigenvalue weighted by Crippen LogP contribution is 2.34. The number of hydrogen-bond acceptors (Lipinski definition) is 6. The van der Waals surface area contributed by atoms with Crippen molar-refractivity contribution in [2.75, 3.05) is 13.3 Å². The molecule has 1 aromatic heterocycles. The van der Waals surface area contributed by atoms with Crippen molar-refractivity contribution in [1.29, 1.82) is 0 Å². The first-order chi connectivity index (χ1) is 12.3. The standard InChI is InChI=1S/C19H19N3O3/c1-13(15-7-8-16-17(11-15)24-12-23-16)20-10-9-18-21-22-19(25-18)14-5-3-2-4-6-14/h2-8,11,13,20H,9-10,12H2,1H3. The van der Waals surface area contributed by atoms with E-state index in [0.717, 1.165) is 29.2 Å². The molecule has 0 saturated carbocycles. The minimum absolute atomic E-state index is 0.186. The number of benzene rings is 2. The molecule has 0 fully saturated rings. The molecule has 6 nitrogen and oxygen atoms in total. The molecule has 1 aliphatic rings. The number of nitrogens with one attached hydrogen (secondary N) is 1. The van der Waals surface area contributed by atoms with Crippen LogP contribution < -0.4 is 14.8 Å². The van der Waals surface area contributed by atoms with Gasteiger partial charge in [-0.3, -0.25) is 0 Å². The lowest BCUT2D eigenvalue weighted by Gasteiger charge is -2.14. The summed E-state index contributed by atoms with van der Waals surface area (Å²) >= 11 is 0. The summed E-state index contributed by atoms with van der Waals surface area (Å²) in [5.41, 5.74) is 2.09. The van der Waals surface area contributed by atoms with Crippen LogP contribution in [-0.4, -0.2) is 23.5 Å². The summed E-state index contributed by atoms with van der Waals surface area (Å²) in [5, 5.41) is 11.7. The van der Waals surface area contributed by atoms with Gasteiger partial charge in [0.15, 0.2) is 11.5 Å². The third kappa shape index (κ3) is 3.49. The summed E-state index contributed by atoms with van der Waals surface area (Å²) in [6.07, 6.45) is 0.675. The van der Waals surface area contributed by atoms with E-state index in [1.807, 2.05) is 48.5 Å². The Morgan fingerprint density at radius 1 is 1.04 bits per heavy atom. The molecule has 6 heteroatoms. The van der Waals surface area contributed by atoms with E-state index >= 15 is 0 Å². The second kappa shape index (κ2) is 6.94. The van der Waals surface area contributed by atoms with Crippen molar-refractivity contribution in [1.82, 2.24) is 15.5 Å². The SMILES string of the molecule is CC(NCCc1nnc(-c2ccccc2)o1)c1ccc2c(c1)OCO2. The second-order valence-corrected chi connectivity index (χ2v) is 5.91. The van der Waals surface area contributed by atoms with Gasteiger partial charge < -0.3 is 19.2 Å². The van der Waals surface area contributed by atoms with Gasteiger partial charge in [-0.15, -0.1) is 10.2 Å². The smallest absolute Gasteiger partial charge is 0.247 e. The number of nitrogens with zero attached hydrogens (tertiary/aromatic N) is 2.